The highest BCUT2D eigenvalue weighted by Crippen LogP contribution is 2.30. The van der Waals surface area contributed by atoms with Gasteiger partial charge in [-0.2, -0.15) is 0 Å². The van der Waals surface area contributed by atoms with E-state index in [1.165, 1.54) is 170 Å². The number of carbonyl (C=O) groups excluding carboxylic acids is 13. The van der Waals surface area contributed by atoms with Gasteiger partial charge in [0.25, 0.3) is 0 Å². The van der Waals surface area contributed by atoms with Gasteiger partial charge < -0.3 is 131 Å². The lowest BCUT2D eigenvalue weighted by Gasteiger charge is -2.43. The van der Waals surface area contributed by atoms with Crippen molar-refractivity contribution in [2.24, 2.45) is 0 Å². The molecule has 6 aliphatic rings. The summed E-state index contributed by atoms with van der Waals surface area (Å²) in [5.41, 5.74) is 0.600. The molecule has 40 heteroatoms. The maximum Gasteiger partial charge on any atom is 0.415 e. The fraction of sp³-hybridized carbons (Fsp3) is 0.473. The van der Waals surface area contributed by atoms with Crippen LogP contribution < -0.4 is 53.3 Å². The van der Waals surface area contributed by atoms with Crippen molar-refractivity contribution in [2.45, 2.75) is 117 Å². The van der Waals surface area contributed by atoms with Crippen molar-refractivity contribution < 1.29 is 133 Å². The highest BCUT2D eigenvalue weighted by molar-refractivity contribution is 5.93. The number of ether oxygens (including phenoxy) is 15. The average Bonchev–Trinajstić information content (AvgIpc) is 0.829. The molecule has 10 amide bonds. The summed E-state index contributed by atoms with van der Waals surface area (Å²) in [4.78, 5) is 186. The largest absolute Gasteiger partial charge is 0.447 e. The Morgan fingerprint density at radius 3 is 0.669 bits per heavy atom. The molecular formula is C93H114N12O28. The molecule has 0 saturated carbocycles. The minimum atomic E-state index is -0.706. The summed E-state index contributed by atoms with van der Waals surface area (Å²) in [6, 6.07) is 32.6. The van der Waals surface area contributed by atoms with Crippen LogP contribution in [-0.4, -0.2) is 347 Å². The lowest BCUT2D eigenvalue weighted by atomic mass is 10.1. The van der Waals surface area contributed by atoms with Gasteiger partial charge >= 0.3 is 66.7 Å². The molecule has 6 aliphatic heterocycles. The predicted octanol–water partition coefficient (Wildman–Crippen LogP) is 9.30. The van der Waals surface area contributed by atoms with Crippen LogP contribution in [0.25, 0.3) is 0 Å². The van der Waals surface area contributed by atoms with Gasteiger partial charge in [0.1, 0.15) is 65.0 Å². The van der Waals surface area contributed by atoms with Crippen molar-refractivity contribution >= 4 is 78.5 Å². The van der Waals surface area contributed by atoms with Gasteiger partial charge in [0.2, 0.25) is 11.8 Å². The summed E-state index contributed by atoms with van der Waals surface area (Å²) in [5, 5.41) is 6.35. The third kappa shape index (κ3) is 28.3. The van der Waals surface area contributed by atoms with Crippen LogP contribution in [-0.2, 0) is 38.0 Å². The van der Waals surface area contributed by atoms with Gasteiger partial charge in [-0.25, -0.2) is 52.7 Å². The molecule has 2 N–H and O–H groups in total. The second-order valence-electron chi connectivity index (χ2n) is 32.8. The minimum Gasteiger partial charge on any atom is -0.447 e. The number of piperazine rings is 6. The molecule has 12 rings (SSSR count). The van der Waals surface area contributed by atoms with Gasteiger partial charge in [-0.1, -0.05) is 0 Å². The maximum atomic E-state index is 13.5. The smallest absolute Gasteiger partial charge is 0.415 e. The van der Waals surface area contributed by atoms with Gasteiger partial charge in [0.05, 0.1) is 107 Å². The average molecular weight is 1850 g/mol. The van der Waals surface area contributed by atoms with Crippen molar-refractivity contribution in [1.29, 1.82) is 0 Å². The zero-order chi connectivity index (χ0) is 94.6. The monoisotopic (exact) mass is 1850 g/mol. The fourth-order valence-corrected chi connectivity index (χ4v) is 15.4. The molecule has 8 atom stereocenters. The van der Waals surface area contributed by atoms with E-state index in [2.05, 4.69) is 10.6 Å². The molecule has 0 bridgehead atoms. The number of amides is 10. The van der Waals surface area contributed by atoms with E-state index in [1.807, 2.05) is 27.7 Å². The molecule has 0 spiro atoms. The Balaban J connectivity index is 0.453. The Morgan fingerprint density at radius 2 is 0.421 bits per heavy atom. The first-order chi connectivity index (χ1) is 64.1. The molecule has 8 unspecified atom stereocenters. The molecule has 0 aliphatic carbocycles. The van der Waals surface area contributed by atoms with Crippen LogP contribution in [0.3, 0.4) is 0 Å². The Labute approximate surface area is 769 Å². The molecule has 6 fully saturated rings. The van der Waals surface area contributed by atoms with Crippen molar-refractivity contribution in [3.63, 3.8) is 0 Å². The molecule has 0 radical (unpaired) electrons. The number of rotatable bonds is 30. The normalized spacial score (nSPS) is 19.8. The van der Waals surface area contributed by atoms with Crippen molar-refractivity contribution in [3.05, 3.63) is 162 Å². The number of carbonyl (C=O) groups is 13. The summed E-state index contributed by atoms with van der Waals surface area (Å²) >= 11 is 0. The van der Waals surface area contributed by atoms with E-state index in [4.69, 9.17) is 71.1 Å². The first-order valence-corrected chi connectivity index (χ1v) is 44.4. The number of hydrogen-bond donors (Lipinski definition) is 2. The van der Waals surface area contributed by atoms with Crippen LogP contribution in [0.5, 0.6) is 51.7 Å². The van der Waals surface area contributed by atoms with Gasteiger partial charge in [-0.05, 0) is 201 Å². The molecule has 6 heterocycles. The van der Waals surface area contributed by atoms with Crippen LogP contribution in [0.2, 0.25) is 0 Å². The zero-order valence-corrected chi connectivity index (χ0v) is 75.7. The van der Waals surface area contributed by atoms with E-state index in [1.54, 1.807) is 52.2 Å². The summed E-state index contributed by atoms with van der Waals surface area (Å²) < 4.78 is 83.7. The van der Waals surface area contributed by atoms with Crippen LogP contribution in [0.15, 0.2) is 146 Å². The van der Waals surface area contributed by atoms with E-state index in [-0.39, 0.29) is 218 Å². The number of hydrogen-bond acceptors (Lipinski definition) is 30. The molecular weight excluding hydrogens is 1730 g/mol. The lowest BCUT2D eigenvalue weighted by molar-refractivity contribution is -0.138. The van der Waals surface area contributed by atoms with Crippen molar-refractivity contribution in [3.8, 4) is 51.7 Å². The Kier molecular flexibility index (Phi) is 35.7. The third-order valence-corrected chi connectivity index (χ3v) is 22.9. The SMILES string of the molecule is CC1CN(C(=O)Oc2ccc(OC(=O)c3ccc(OC(=O)N4CC(C)N(C(=O)OCCOCCOCCC(=O)N5CC(C)N(C(=O)Oc6ccc(OC(=O)c7ccc(OC(=O)N8CCNCC8)cc7)cc6)CC5C)CC4C)cc3)cc2)C(C)CN1C(=O)CCOCCOCCOC(=O)N1CC(C)N(C(=O)Oc2ccc(C(=O)Oc3ccc(OC(=O)N4CCNCC4)cc3)cc2)CC1C. The Bertz CT molecular complexity index is 4970. The lowest BCUT2D eigenvalue weighted by Crippen LogP contribution is -2.60. The molecule has 40 nitrogen and oxygen atoms in total. The summed E-state index contributed by atoms with van der Waals surface area (Å²) in [7, 11) is 0. The van der Waals surface area contributed by atoms with E-state index < -0.39 is 96.9 Å². The highest BCUT2D eigenvalue weighted by atomic mass is 16.6. The summed E-state index contributed by atoms with van der Waals surface area (Å²) in [6.07, 6.45) is -4.39. The van der Waals surface area contributed by atoms with Crippen LogP contribution in [0, 0.1) is 0 Å². The van der Waals surface area contributed by atoms with Gasteiger partial charge in [-0.3, -0.25) is 9.59 Å². The topological polar surface area (TPSA) is 417 Å². The quantitative estimate of drug-likeness (QED) is 0.0241. The first-order valence-electron chi connectivity index (χ1n) is 44.4. The van der Waals surface area contributed by atoms with Crippen LogP contribution >= 0.6 is 0 Å². The van der Waals surface area contributed by atoms with E-state index in [0.29, 0.717) is 63.9 Å². The van der Waals surface area contributed by atoms with Gasteiger partial charge in [-0.15, -0.1) is 0 Å². The molecule has 714 valence electrons. The Morgan fingerprint density at radius 1 is 0.233 bits per heavy atom. The van der Waals surface area contributed by atoms with Crippen molar-refractivity contribution in [2.75, 3.05) is 171 Å². The second kappa shape index (κ2) is 48.1. The van der Waals surface area contributed by atoms with E-state index in [9.17, 15) is 62.3 Å². The predicted molar refractivity (Wildman–Crippen MR) is 473 cm³/mol. The van der Waals surface area contributed by atoms with Crippen molar-refractivity contribution in [1.82, 2.24) is 59.6 Å². The van der Waals surface area contributed by atoms with Gasteiger partial charge in [0, 0.05) is 129 Å². The third-order valence-electron chi connectivity index (χ3n) is 22.9. The number of benzene rings is 6. The van der Waals surface area contributed by atoms with Crippen LogP contribution in [0.4, 0.5) is 38.4 Å². The number of nitrogens with one attached hydrogen (secondary N) is 2. The summed E-state index contributed by atoms with van der Waals surface area (Å²) in [6.45, 7) is 22.0. The molecule has 6 aromatic carbocycles. The highest BCUT2D eigenvalue weighted by Gasteiger charge is 2.41. The fourth-order valence-electron chi connectivity index (χ4n) is 15.4. The molecule has 6 saturated heterocycles. The van der Waals surface area contributed by atoms with E-state index >= 15 is 0 Å². The maximum absolute atomic E-state index is 13.5. The standard InChI is InChI=1S/C93H114N12O28/c1-61-55-102(90(115)132-79-29-23-73(24-30-79)126-83(108)69-9-15-75(16-10-69)128-86(111)96-39-35-94-36-40-96)63(3)53-98(61)81(106)33-43-119-45-47-122-50-52-124-89(114)101-58-68(8)105(60-66(101)6)93(118)131-77-19-13-71(14-20-77)85(110)127-74-25-31-80(32-26-74)133-91(116)103-56-62(2)99(54-64(103)4)82(107)34-44-120-46-48-121-49-51-123-88(113)100-57-67(7)104(59-65(100)5)92(117)130-76-17-11-70(12-18-76)84(109)125-72-21-27-78(28-22-72)129-87(112)97-41-37-95-38-42-97/h9-32,61-68,94-95H,33-60H2,1-8H3. The van der Waals surface area contributed by atoms with Gasteiger partial charge in [0.15, 0.2) is 0 Å². The number of esters is 3. The second-order valence-corrected chi connectivity index (χ2v) is 32.8. The van der Waals surface area contributed by atoms with E-state index in [0.717, 1.165) is 0 Å². The molecule has 133 heavy (non-hydrogen) atoms. The number of nitrogens with zero attached hydrogens (tertiary/aromatic N) is 10. The van der Waals surface area contributed by atoms with Crippen LogP contribution in [0.1, 0.15) is 99.3 Å². The summed E-state index contributed by atoms with van der Waals surface area (Å²) in [5.74, 6) is -0.284. The molecule has 0 aromatic heterocycles. The zero-order valence-electron chi connectivity index (χ0n) is 75.7. The first kappa shape index (κ1) is 98.6. The minimum absolute atomic E-state index is 0.0362. The Hall–Kier alpha value is -13.4. The molecule has 6 aromatic rings.